The summed E-state index contributed by atoms with van der Waals surface area (Å²) >= 11 is 0. The number of rotatable bonds is 4. The smallest absolute Gasteiger partial charge is 0.0948 e. The van der Waals surface area contributed by atoms with Crippen molar-refractivity contribution in [3.8, 4) is 11.1 Å². The molecule has 1 heterocycles. The molecule has 104 valence electrons. The van der Waals surface area contributed by atoms with Gasteiger partial charge < -0.3 is 4.57 Å². The number of hydrogen-bond donors (Lipinski definition) is 0. The Morgan fingerprint density at radius 1 is 1.05 bits per heavy atom. The van der Waals surface area contributed by atoms with E-state index in [1.165, 1.54) is 22.3 Å². The van der Waals surface area contributed by atoms with Crippen molar-refractivity contribution in [1.82, 2.24) is 9.55 Å². The minimum atomic E-state index is 0.842. The summed E-state index contributed by atoms with van der Waals surface area (Å²) in [6, 6.07) is 19.1. The van der Waals surface area contributed by atoms with Crippen molar-refractivity contribution in [2.45, 2.75) is 13.5 Å². The van der Waals surface area contributed by atoms with Gasteiger partial charge >= 0.3 is 0 Å². The van der Waals surface area contributed by atoms with E-state index in [9.17, 15) is 0 Å². The van der Waals surface area contributed by atoms with Crippen LogP contribution < -0.4 is 0 Å². The molecule has 0 saturated heterocycles. The minimum Gasteiger partial charge on any atom is -0.334 e. The highest BCUT2D eigenvalue weighted by molar-refractivity contribution is 5.80. The summed E-state index contributed by atoms with van der Waals surface area (Å²) in [6.07, 6.45) is 7.87. The molecule has 3 aromatic rings. The topological polar surface area (TPSA) is 17.8 Å². The van der Waals surface area contributed by atoms with E-state index in [1.807, 2.05) is 18.6 Å². The highest BCUT2D eigenvalue weighted by atomic mass is 15.0. The van der Waals surface area contributed by atoms with Crippen LogP contribution in [0.5, 0.6) is 0 Å². The molecule has 2 heteroatoms. The van der Waals surface area contributed by atoms with Crippen molar-refractivity contribution in [3.05, 3.63) is 85.0 Å². The van der Waals surface area contributed by atoms with Crippen molar-refractivity contribution in [2.24, 2.45) is 0 Å². The molecule has 0 atom stereocenters. The monoisotopic (exact) mass is 274 g/mol. The van der Waals surface area contributed by atoms with E-state index in [-0.39, 0.29) is 0 Å². The molecule has 1 aromatic heterocycles. The van der Waals surface area contributed by atoms with Crippen molar-refractivity contribution < 1.29 is 0 Å². The highest BCUT2D eigenvalue weighted by Crippen LogP contribution is 2.28. The van der Waals surface area contributed by atoms with E-state index in [0.29, 0.717) is 0 Å². The second-order valence-corrected chi connectivity index (χ2v) is 5.06. The molecule has 2 aromatic carbocycles. The Morgan fingerprint density at radius 3 is 2.57 bits per heavy atom. The molecule has 0 saturated carbocycles. The van der Waals surface area contributed by atoms with E-state index in [0.717, 1.165) is 6.54 Å². The number of imidazole rings is 1. The van der Waals surface area contributed by atoms with Gasteiger partial charge in [-0.05, 0) is 29.2 Å². The zero-order valence-electron chi connectivity index (χ0n) is 12.1. The lowest BCUT2D eigenvalue weighted by molar-refractivity contribution is 0.821. The molecular weight excluding hydrogens is 256 g/mol. The second-order valence-electron chi connectivity index (χ2n) is 5.06. The molecular formula is C19H18N2. The third-order valence-electron chi connectivity index (χ3n) is 3.60. The van der Waals surface area contributed by atoms with Gasteiger partial charge in [0.2, 0.25) is 0 Å². The van der Waals surface area contributed by atoms with E-state index < -0.39 is 0 Å². The van der Waals surface area contributed by atoms with Crippen LogP contribution in [0.3, 0.4) is 0 Å². The van der Waals surface area contributed by atoms with Crippen molar-refractivity contribution in [1.29, 1.82) is 0 Å². The summed E-state index contributed by atoms with van der Waals surface area (Å²) in [5.41, 5.74) is 5.09. The van der Waals surface area contributed by atoms with Gasteiger partial charge in [0.25, 0.3) is 0 Å². The Balaban J connectivity index is 1.93. The quantitative estimate of drug-likeness (QED) is 0.677. The predicted molar refractivity (Wildman–Crippen MR) is 87.8 cm³/mol. The van der Waals surface area contributed by atoms with Crippen LogP contribution in [0.2, 0.25) is 0 Å². The van der Waals surface area contributed by atoms with Crippen LogP contribution >= 0.6 is 0 Å². The first-order chi connectivity index (χ1) is 10.3. The van der Waals surface area contributed by atoms with Crippen molar-refractivity contribution in [2.75, 3.05) is 0 Å². The highest BCUT2D eigenvalue weighted by Gasteiger charge is 2.05. The van der Waals surface area contributed by atoms with E-state index >= 15 is 0 Å². The lowest BCUT2D eigenvalue weighted by Gasteiger charge is -2.10. The Bertz CT molecular complexity index is 725. The summed E-state index contributed by atoms with van der Waals surface area (Å²) in [6.45, 7) is 3.01. The molecule has 0 aliphatic carbocycles. The summed E-state index contributed by atoms with van der Waals surface area (Å²) < 4.78 is 2.06. The van der Waals surface area contributed by atoms with E-state index in [1.54, 1.807) is 6.20 Å². The third-order valence-corrected chi connectivity index (χ3v) is 3.60. The maximum Gasteiger partial charge on any atom is 0.0948 e. The molecule has 3 rings (SSSR count). The molecule has 0 aliphatic rings. The SMILES string of the molecule is CC(=CCn1ccnc1)c1ccccc1-c1ccccc1. The second kappa shape index (κ2) is 6.23. The molecule has 0 aliphatic heterocycles. The van der Waals surface area contributed by atoms with Crippen LogP contribution in [-0.4, -0.2) is 9.55 Å². The lowest BCUT2D eigenvalue weighted by atomic mass is 9.95. The van der Waals surface area contributed by atoms with Crippen LogP contribution in [0.15, 0.2) is 79.4 Å². The zero-order valence-corrected chi connectivity index (χ0v) is 12.1. The number of nitrogens with zero attached hydrogens (tertiary/aromatic N) is 2. The fourth-order valence-corrected chi connectivity index (χ4v) is 2.44. The molecule has 0 N–H and O–H groups in total. The fraction of sp³-hybridized carbons (Fsp3) is 0.105. The first-order valence-electron chi connectivity index (χ1n) is 7.12. The molecule has 0 radical (unpaired) electrons. The maximum atomic E-state index is 4.07. The predicted octanol–water partition coefficient (Wildman–Crippen LogP) is 4.65. The number of benzene rings is 2. The Morgan fingerprint density at radius 2 is 1.81 bits per heavy atom. The van der Waals surface area contributed by atoms with Crippen LogP contribution in [0.4, 0.5) is 0 Å². The van der Waals surface area contributed by atoms with Gasteiger partial charge in [0.05, 0.1) is 6.33 Å². The van der Waals surface area contributed by atoms with Gasteiger partial charge in [0.15, 0.2) is 0 Å². The van der Waals surface area contributed by atoms with Crippen LogP contribution in [0.1, 0.15) is 12.5 Å². The van der Waals surface area contributed by atoms with Gasteiger partial charge in [-0.15, -0.1) is 0 Å². The Labute approximate surface area is 125 Å². The molecule has 0 unspecified atom stereocenters. The van der Waals surface area contributed by atoms with Crippen molar-refractivity contribution >= 4 is 5.57 Å². The number of hydrogen-bond acceptors (Lipinski definition) is 1. The third kappa shape index (κ3) is 3.11. The molecule has 0 bridgehead atoms. The van der Waals surface area contributed by atoms with E-state index in [4.69, 9.17) is 0 Å². The molecule has 0 spiro atoms. The minimum absolute atomic E-state index is 0.842. The van der Waals surface area contributed by atoms with E-state index in [2.05, 4.69) is 71.1 Å². The molecule has 0 amide bonds. The molecule has 0 fully saturated rings. The summed E-state index contributed by atoms with van der Waals surface area (Å²) in [4.78, 5) is 4.07. The first kappa shape index (κ1) is 13.4. The van der Waals surface area contributed by atoms with Gasteiger partial charge in [0, 0.05) is 18.9 Å². The van der Waals surface area contributed by atoms with Gasteiger partial charge in [-0.1, -0.05) is 60.7 Å². The largest absolute Gasteiger partial charge is 0.334 e. The summed E-state index contributed by atoms with van der Waals surface area (Å²) in [5, 5.41) is 0. The van der Waals surface area contributed by atoms with Gasteiger partial charge in [-0.3, -0.25) is 0 Å². The van der Waals surface area contributed by atoms with Gasteiger partial charge in [0.1, 0.15) is 0 Å². The maximum absolute atomic E-state index is 4.07. The number of allylic oxidation sites excluding steroid dienone is 2. The number of aromatic nitrogens is 2. The van der Waals surface area contributed by atoms with Crippen LogP contribution in [0.25, 0.3) is 16.7 Å². The van der Waals surface area contributed by atoms with Gasteiger partial charge in [-0.2, -0.15) is 0 Å². The molecule has 2 nitrogen and oxygen atoms in total. The summed E-state index contributed by atoms with van der Waals surface area (Å²) in [7, 11) is 0. The Hall–Kier alpha value is -2.61. The fourth-order valence-electron chi connectivity index (χ4n) is 2.44. The normalized spacial score (nSPS) is 11.6. The van der Waals surface area contributed by atoms with Crippen molar-refractivity contribution in [3.63, 3.8) is 0 Å². The summed E-state index contributed by atoms with van der Waals surface area (Å²) in [5.74, 6) is 0. The zero-order chi connectivity index (χ0) is 14.5. The average Bonchev–Trinajstić information content (AvgIpc) is 3.07. The van der Waals surface area contributed by atoms with Gasteiger partial charge in [-0.25, -0.2) is 4.98 Å². The first-order valence-corrected chi connectivity index (χ1v) is 7.12. The van der Waals surface area contributed by atoms with Crippen LogP contribution in [0, 0.1) is 0 Å². The average molecular weight is 274 g/mol. The van der Waals surface area contributed by atoms with Crippen LogP contribution in [-0.2, 0) is 6.54 Å². The Kier molecular flexibility index (Phi) is 3.97. The molecule has 21 heavy (non-hydrogen) atoms. The lowest BCUT2D eigenvalue weighted by Crippen LogP contribution is -1.93. The standard InChI is InChI=1S/C19H18N2/c1-16(11-13-21-14-12-20-15-21)18-9-5-6-10-19(18)17-7-3-2-4-8-17/h2-12,14-15H,13H2,1H3.